The molecule has 1 N–H and O–H groups in total. The highest BCUT2D eigenvalue weighted by Crippen LogP contribution is 2.03. The first kappa shape index (κ1) is 13.9. The Balaban J connectivity index is 3.48. The lowest BCUT2D eigenvalue weighted by molar-refractivity contribution is 0.288. The van der Waals surface area contributed by atoms with Crippen molar-refractivity contribution in [3.63, 3.8) is 0 Å². The minimum absolute atomic E-state index is 0.732. The topological polar surface area (TPSA) is 15.3 Å². The Morgan fingerprint density at radius 3 is 2.14 bits per heavy atom. The summed E-state index contributed by atoms with van der Waals surface area (Å²) in [6.45, 7) is 13.7. The zero-order valence-electron chi connectivity index (χ0n) is 10.5. The van der Waals surface area contributed by atoms with E-state index in [2.05, 4.69) is 37.9 Å². The van der Waals surface area contributed by atoms with Crippen LogP contribution >= 0.6 is 0 Å². The molecule has 0 saturated carbocycles. The minimum Gasteiger partial charge on any atom is -0.314 e. The Labute approximate surface area is 90.1 Å². The first-order valence-electron chi connectivity index (χ1n) is 6.24. The van der Waals surface area contributed by atoms with Gasteiger partial charge >= 0.3 is 0 Å². The second kappa shape index (κ2) is 9.47. The molecule has 0 aromatic carbocycles. The third-order valence-corrected chi connectivity index (χ3v) is 2.91. The second-order valence-electron chi connectivity index (χ2n) is 3.83. The van der Waals surface area contributed by atoms with E-state index in [0.717, 1.165) is 12.6 Å². The summed E-state index contributed by atoms with van der Waals surface area (Å²) >= 11 is 0. The maximum atomic E-state index is 3.52. The summed E-state index contributed by atoms with van der Waals surface area (Å²) in [5, 5.41) is 3.52. The van der Waals surface area contributed by atoms with Gasteiger partial charge in [-0.1, -0.05) is 27.7 Å². The molecule has 14 heavy (non-hydrogen) atoms. The zero-order valence-corrected chi connectivity index (χ0v) is 10.5. The van der Waals surface area contributed by atoms with E-state index in [1.165, 1.54) is 38.9 Å². The molecule has 0 saturated heterocycles. The molecule has 0 rings (SSSR count). The summed E-state index contributed by atoms with van der Waals surface area (Å²) < 4.78 is 0. The van der Waals surface area contributed by atoms with Crippen molar-refractivity contribution in [1.82, 2.24) is 10.2 Å². The lowest BCUT2D eigenvalue weighted by Gasteiger charge is -2.20. The van der Waals surface area contributed by atoms with E-state index in [1.807, 2.05) is 0 Å². The molecule has 2 heteroatoms. The van der Waals surface area contributed by atoms with Crippen LogP contribution in [0.1, 0.15) is 47.0 Å². The summed E-state index contributed by atoms with van der Waals surface area (Å²) in [7, 11) is 0. The van der Waals surface area contributed by atoms with Crippen molar-refractivity contribution in [3.8, 4) is 0 Å². The Hall–Kier alpha value is -0.0800. The van der Waals surface area contributed by atoms with Gasteiger partial charge in [0.25, 0.3) is 0 Å². The van der Waals surface area contributed by atoms with Gasteiger partial charge in [-0.25, -0.2) is 0 Å². The number of hydrogen-bond donors (Lipinski definition) is 1. The average molecular weight is 200 g/mol. The Kier molecular flexibility index (Phi) is 9.42. The number of nitrogens with one attached hydrogen (secondary N) is 1. The molecule has 2 nitrogen and oxygen atoms in total. The fraction of sp³-hybridized carbons (Fsp3) is 1.00. The third kappa shape index (κ3) is 6.39. The largest absolute Gasteiger partial charge is 0.314 e. The zero-order chi connectivity index (χ0) is 10.8. The van der Waals surface area contributed by atoms with Crippen LogP contribution in [0.15, 0.2) is 0 Å². The van der Waals surface area contributed by atoms with Gasteiger partial charge < -0.3 is 10.2 Å². The van der Waals surface area contributed by atoms with Crippen LogP contribution in [0.2, 0.25) is 0 Å². The average Bonchev–Trinajstić information content (AvgIpc) is 2.23. The number of hydrogen-bond acceptors (Lipinski definition) is 2. The summed E-state index contributed by atoms with van der Waals surface area (Å²) in [5.41, 5.74) is 0. The van der Waals surface area contributed by atoms with Crippen LogP contribution in [-0.4, -0.2) is 37.1 Å². The molecule has 0 spiro atoms. The van der Waals surface area contributed by atoms with Crippen molar-refractivity contribution in [1.29, 1.82) is 0 Å². The molecule has 1 unspecified atom stereocenters. The van der Waals surface area contributed by atoms with E-state index in [0.29, 0.717) is 0 Å². The van der Waals surface area contributed by atoms with Crippen molar-refractivity contribution in [2.75, 3.05) is 26.2 Å². The SMILES string of the molecule is CCNC(CC)CCCN(CC)CC. The second-order valence-corrected chi connectivity index (χ2v) is 3.83. The molecule has 86 valence electrons. The predicted octanol–water partition coefficient (Wildman–Crippen LogP) is 2.50. The monoisotopic (exact) mass is 200 g/mol. The molecule has 0 aliphatic heterocycles. The molecule has 1 atom stereocenters. The van der Waals surface area contributed by atoms with Gasteiger partial charge in [-0.2, -0.15) is 0 Å². The third-order valence-electron chi connectivity index (χ3n) is 2.91. The van der Waals surface area contributed by atoms with E-state index < -0.39 is 0 Å². The molecule has 0 aromatic rings. The maximum Gasteiger partial charge on any atom is 0.00647 e. The molecule has 0 aromatic heterocycles. The van der Waals surface area contributed by atoms with Gasteiger partial charge in [-0.3, -0.25) is 0 Å². The summed E-state index contributed by atoms with van der Waals surface area (Å²) in [4.78, 5) is 2.50. The van der Waals surface area contributed by atoms with Crippen LogP contribution < -0.4 is 5.32 Å². The molecular formula is C12H28N2. The quantitative estimate of drug-likeness (QED) is 0.615. The lowest BCUT2D eigenvalue weighted by atomic mass is 10.1. The molecule has 0 bridgehead atoms. The predicted molar refractivity (Wildman–Crippen MR) is 64.8 cm³/mol. The summed E-state index contributed by atoms with van der Waals surface area (Å²) in [5.74, 6) is 0. The standard InChI is InChI=1S/C12H28N2/c1-5-12(13-6-2)10-9-11-14(7-3)8-4/h12-13H,5-11H2,1-4H3. The first-order chi connectivity index (χ1) is 6.78. The Bertz CT molecular complexity index is 111. The van der Waals surface area contributed by atoms with E-state index >= 15 is 0 Å². The van der Waals surface area contributed by atoms with Gasteiger partial charge in [0.05, 0.1) is 0 Å². The minimum atomic E-state index is 0.732. The van der Waals surface area contributed by atoms with Crippen LogP contribution in [0.25, 0.3) is 0 Å². The van der Waals surface area contributed by atoms with Crippen molar-refractivity contribution >= 4 is 0 Å². The van der Waals surface area contributed by atoms with Crippen molar-refractivity contribution in [2.24, 2.45) is 0 Å². The van der Waals surface area contributed by atoms with Gasteiger partial charge in [0.15, 0.2) is 0 Å². The normalized spacial score (nSPS) is 13.5. The van der Waals surface area contributed by atoms with Crippen LogP contribution in [0.5, 0.6) is 0 Å². The highest BCUT2D eigenvalue weighted by atomic mass is 15.1. The van der Waals surface area contributed by atoms with Gasteiger partial charge in [0, 0.05) is 6.04 Å². The van der Waals surface area contributed by atoms with Crippen LogP contribution in [0, 0.1) is 0 Å². The van der Waals surface area contributed by atoms with E-state index in [-0.39, 0.29) is 0 Å². The van der Waals surface area contributed by atoms with Crippen molar-refractivity contribution in [3.05, 3.63) is 0 Å². The lowest BCUT2D eigenvalue weighted by Crippen LogP contribution is -2.30. The van der Waals surface area contributed by atoms with Crippen LogP contribution in [-0.2, 0) is 0 Å². The van der Waals surface area contributed by atoms with Crippen molar-refractivity contribution in [2.45, 2.75) is 53.0 Å². The summed E-state index contributed by atoms with van der Waals surface area (Å²) in [6, 6.07) is 0.732. The Morgan fingerprint density at radius 1 is 1.07 bits per heavy atom. The molecule has 0 aliphatic carbocycles. The number of nitrogens with zero attached hydrogens (tertiary/aromatic N) is 1. The summed E-state index contributed by atoms with van der Waals surface area (Å²) in [6.07, 6.45) is 3.90. The highest BCUT2D eigenvalue weighted by Gasteiger charge is 2.05. The molecular weight excluding hydrogens is 172 g/mol. The molecule has 0 amide bonds. The van der Waals surface area contributed by atoms with Crippen molar-refractivity contribution < 1.29 is 0 Å². The Morgan fingerprint density at radius 2 is 1.71 bits per heavy atom. The first-order valence-corrected chi connectivity index (χ1v) is 6.24. The van der Waals surface area contributed by atoms with E-state index in [1.54, 1.807) is 0 Å². The number of rotatable bonds is 9. The molecule has 0 radical (unpaired) electrons. The highest BCUT2D eigenvalue weighted by molar-refractivity contribution is 4.65. The van der Waals surface area contributed by atoms with Gasteiger partial charge in [0.1, 0.15) is 0 Å². The van der Waals surface area contributed by atoms with E-state index in [4.69, 9.17) is 0 Å². The van der Waals surface area contributed by atoms with Gasteiger partial charge in [0.2, 0.25) is 0 Å². The van der Waals surface area contributed by atoms with Gasteiger partial charge in [-0.05, 0) is 45.4 Å². The smallest absolute Gasteiger partial charge is 0.00647 e. The van der Waals surface area contributed by atoms with Crippen LogP contribution in [0.4, 0.5) is 0 Å². The molecule has 0 aliphatic rings. The molecule has 0 heterocycles. The van der Waals surface area contributed by atoms with Gasteiger partial charge in [-0.15, -0.1) is 0 Å². The maximum absolute atomic E-state index is 3.52. The fourth-order valence-corrected chi connectivity index (χ4v) is 1.84. The van der Waals surface area contributed by atoms with Crippen LogP contribution in [0.3, 0.4) is 0 Å². The van der Waals surface area contributed by atoms with E-state index in [9.17, 15) is 0 Å². The fourth-order valence-electron chi connectivity index (χ4n) is 1.84. The molecule has 0 fully saturated rings.